The van der Waals surface area contributed by atoms with Crippen molar-refractivity contribution in [1.29, 1.82) is 0 Å². The van der Waals surface area contributed by atoms with E-state index in [0.29, 0.717) is 35.2 Å². The minimum Gasteiger partial charge on any atom is -0.507 e. The van der Waals surface area contributed by atoms with Crippen LogP contribution in [0, 0.1) is 5.92 Å². The normalized spacial score (nSPS) is 18.4. The molecular weight excluding hydrogens is 404 g/mol. The number of esters is 1. The topological polar surface area (TPSA) is 102 Å². The Morgan fingerprint density at radius 2 is 1.91 bits per heavy atom. The van der Waals surface area contributed by atoms with Crippen molar-refractivity contribution in [1.82, 2.24) is 10.2 Å². The van der Waals surface area contributed by atoms with E-state index >= 15 is 0 Å². The van der Waals surface area contributed by atoms with Gasteiger partial charge in [-0.1, -0.05) is 31.2 Å². The quantitative estimate of drug-likeness (QED) is 0.582. The number of hydrogen-bond acceptors (Lipinski definition) is 7. The van der Waals surface area contributed by atoms with Crippen LogP contribution in [0.2, 0.25) is 0 Å². The van der Waals surface area contributed by atoms with Crippen molar-refractivity contribution in [3.63, 3.8) is 0 Å². The summed E-state index contributed by atoms with van der Waals surface area (Å²) in [4.78, 5) is 14.2. The summed E-state index contributed by atoms with van der Waals surface area (Å²) in [6.45, 7) is 6.02. The molecule has 7 nitrogen and oxygen atoms in total. The van der Waals surface area contributed by atoms with Crippen LogP contribution in [0.1, 0.15) is 42.1 Å². The average molecular weight is 433 g/mol. The number of nitrogens with two attached hydrogens (primary N) is 1. The summed E-state index contributed by atoms with van der Waals surface area (Å²) in [5, 5.41) is 18.6. The Bertz CT molecular complexity index is 1100. The Kier molecular flexibility index (Phi) is 6.25. The Labute approximate surface area is 187 Å². The molecule has 4 rings (SSSR count). The molecule has 2 atom stereocenters. The first-order valence-corrected chi connectivity index (χ1v) is 10.9. The van der Waals surface area contributed by atoms with Gasteiger partial charge in [0.05, 0.1) is 23.6 Å². The molecule has 7 heteroatoms. The predicted molar refractivity (Wildman–Crippen MR) is 125 cm³/mol. The highest BCUT2D eigenvalue weighted by Crippen LogP contribution is 2.36. The molecule has 2 aromatic carbocycles. The van der Waals surface area contributed by atoms with Crippen molar-refractivity contribution in [2.45, 2.75) is 26.2 Å². The van der Waals surface area contributed by atoms with Crippen LogP contribution in [0.15, 0.2) is 54.6 Å². The van der Waals surface area contributed by atoms with E-state index in [2.05, 4.69) is 22.0 Å². The maximum atomic E-state index is 12.0. The summed E-state index contributed by atoms with van der Waals surface area (Å²) in [5.74, 6) is 0.958. The van der Waals surface area contributed by atoms with E-state index < -0.39 is 0 Å². The molecule has 0 saturated carbocycles. The number of piperidine rings is 1. The Hall–Kier alpha value is -3.61. The third kappa shape index (κ3) is 4.51. The van der Waals surface area contributed by atoms with Crippen molar-refractivity contribution in [2.24, 2.45) is 5.92 Å². The summed E-state index contributed by atoms with van der Waals surface area (Å²) in [6.07, 6.45) is 1.04. The number of para-hydroxylation sites is 1. The first-order valence-electron chi connectivity index (χ1n) is 10.9. The lowest BCUT2D eigenvalue weighted by molar-refractivity contribution is 0.0526. The largest absolute Gasteiger partial charge is 0.507 e. The Morgan fingerprint density at radius 3 is 2.62 bits per heavy atom. The van der Waals surface area contributed by atoms with Gasteiger partial charge in [-0.3, -0.25) is 0 Å². The highest BCUT2D eigenvalue weighted by atomic mass is 16.5. The van der Waals surface area contributed by atoms with Gasteiger partial charge in [0.1, 0.15) is 5.75 Å². The number of benzene rings is 2. The number of rotatable bonds is 5. The fourth-order valence-corrected chi connectivity index (χ4v) is 4.36. The molecule has 1 fully saturated rings. The summed E-state index contributed by atoms with van der Waals surface area (Å²) < 4.78 is 5.08. The number of nitrogens with zero attached hydrogens (tertiary/aromatic N) is 3. The van der Waals surface area contributed by atoms with Crippen molar-refractivity contribution in [3.8, 4) is 17.0 Å². The summed E-state index contributed by atoms with van der Waals surface area (Å²) in [5.41, 5.74) is 9.98. The van der Waals surface area contributed by atoms with E-state index in [9.17, 15) is 9.90 Å². The number of hydrogen-bond donors (Lipinski definition) is 2. The van der Waals surface area contributed by atoms with Gasteiger partial charge < -0.3 is 20.5 Å². The zero-order valence-electron chi connectivity index (χ0n) is 18.4. The maximum absolute atomic E-state index is 12.0. The third-order valence-electron chi connectivity index (χ3n) is 5.87. The Morgan fingerprint density at radius 1 is 1.16 bits per heavy atom. The minimum absolute atomic E-state index is 0.157. The van der Waals surface area contributed by atoms with Gasteiger partial charge in [0.2, 0.25) is 0 Å². The van der Waals surface area contributed by atoms with Crippen LogP contribution in [0.4, 0.5) is 11.5 Å². The second-order valence-electron chi connectivity index (χ2n) is 8.30. The number of anilines is 2. The lowest BCUT2D eigenvalue weighted by atomic mass is 9.85. The monoisotopic (exact) mass is 432 g/mol. The van der Waals surface area contributed by atoms with E-state index in [1.54, 1.807) is 19.1 Å². The number of carbonyl (C=O) groups excluding carboxylic acids is 1. The number of ether oxygens (including phenoxy) is 1. The first-order chi connectivity index (χ1) is 15.5. The summed E-state index contributed by atoms with van der Waals surface area (Å²) >= 11 is 0. The molecular formula is C25H28N4O3. The molecule has 32 heavy (non-hydrogen) atoms. The summed E-state index contributed by atoms with van der Waals surface area (Å²) in [6, 6.07) is 16.6. The van der Waals surface area contributed by atoms with Gasteiger partial charge in [0.15, 0.2) is 5.82 Å². The zero-order valence-corrected chi connectivity index (χ0v) is 18.4. The first kappa shape index (κ1) is 21.6. The molecule has 1 aliphatic rings. The molecule has 0 radical (unpaired) electrons. The van der Waals surface area contributed by atoms with Crippen molar-refractivity contribution >= 4 is 17.5 Å². The van der Waals surface area contributed by atoms with E-state index in [4.69, 9.17) is 10.5 Å². The van der Waals surface area contributed by atoms with Gasteiger partial charge in [-0.2, -0.15) is 0 Å². The van der Waals surface area contributed by atoms with Crippen LogP contribution in [0.25, 0.3) is 11.3 Å². The van der Waals surface area contributed by atoms with Crippen LogP contribution in [0.3, 0.4) is 0 Å². The number of phenolic OH excluding ortho intramolecular Hbond substituents is 1. The van der Waals surface area contributed by atoms with Gasteiger partial charge in [-0.05, 0) is 55.2 Å². The van der Waals surface area contributed by atoms with E-state index in [1.807, 2.05) is 42.5 Å². The number of phenols is 1. The third-order valence-corrected chi connectivity index (χ3v) is 5.87. The molecule has 1 aromatic heterocycles. The van der Waals surface area contributed by atoms with Crippen LogP contribution in [0.5, 0.6) is 5.75 Å². The SMILES string of the molecule is CCOC(=O)c1ccc([C@H]2C[C@@H](C)CN(c3cc(-c4ccccc4O)nnc3N)C2)cc1. The molecule has 1 aliphatic heterocycles. The molecule has 2 heterocycles. The maximum Gasteiger partial charge on any atom is 0.338 e. The van der Waals surface area contributed by atoms with Gasteiger partial charge in [0, 0.05) is 24.6 Å². The standard InChI is InChI=1S/C25H28N4O3/c1-3-32-25(31)18-10-8-17(9-11-18)19-12-16(2)14-29(15-19)22-13-21(27-28-24(22)26)20-6-4-5-7-23(20)30/h4-11,13,16,19,30H,3,12,14-15H2,1-2H3,(H2,26,28)/t16-,19+/m1/s1. The van der Waals surface area contributed by atoms with Crippen LogP contribution in [-0.4, -0.2) is 41.0 Å². The van der Waals surface area contributed by atoms with E-state index in [0.717, 1.165) is 25.2 Å². The van der Waals surface area contributed by atoms with E-state index in [-0.39, 0.29) is 17.6 Å². The average Bonchev–Trinajstić information content (AvgIpc) is 2.80. The second-order valence-corrected chi connectivity index (χ2v) is 8.30. The van der Waals surface area contributed by atoms with Crippen LogP contribution >= 0.6 is 0 Å². The zero-order chi connectivity index (χ0) is 22.7. The fraction of sp³-hybridized carbons (Fsp3) is 0.320. The van der Waals surface area contributed by atoms with Crippen LogP contribution in [-0.2, 0) is 4.74 Å². The molecule has 0 aliphatic carbocycles. The van der Waals surface area contributed by atoms with E-state index in [1.165, 1.54) is 5.56 Å². The van der Waals surface area contributed by atoms with Crippen LogP contribution < -0.4 is 10.6 Å². The number of carbonyl (C=O) groups is 1. The lowest BCUT2D eigenvalue weighted by Gasteiger charge is -2.38. The molecule has 0 amide bonds. The molecule has 0 unspecified atom stereocenters. The lowest BCUT2D eigenvalue weighted by Crippen LogP contribution is -2.39. The summed E-state index contributed by atoms with van der Waals surface area (Å²) in [7, 11) is 0. The Balaban J connectivity index is 1.59. The highest BCUT2D eigenvalue weighted by molar-refractivity contribution is 5.89. The number of aromatic nitrogens is 2. The highest BCUT2D eigenvalue weighted by Gasteiger charge is 2.28. The molecule has 0 bridgehead atoms. The predicted octanol–water partition coefficient (Wildman–Crippen LogP) is 4.24. The smallest absolute Gasteiger partial charge is 0.338 e. The molecule has 3 N–H and O–H groups in total. The molecule has 0 spiro atoms. The second kappa shape index (κ2) is 9.26. The minimum atomic E-state index is -0.301. The molecule has 3 aromatic rings. The molecule has 166 valence electrons. The number of aromatic hydroxyl groups is 1. The molecule has 1 saturated heterocycles. The van der Waals surface area contributed by atoms with Gasteiger partial charge >= 0.3 is 5.97 Å². The van der Waals surface area contributed by atoms with Gasteiger partial charge in [-0.25, -0.2) is 4.79 Å². The van der Waals surface area contributed by atoms with Crippen molar-refractivity contribution in [3.05, 3.63) is 65.7 Å². The van der Waals surface area contributed by atoms with Crippen molar-refractivity contribution < 1.29 is 14.6 Å². The number of nitrogen functional groups attached to an aromatic ring is 1. The van der Waals surface area contributed by atoms with Gasteiger partial charge in [0.25, 0.3) is 0 Å². The van der Waals surface area contributed by atoms with Crippen molar-refractivity contribution in [2.75, 3.05) is 30.3 Å². The van der Waals surface area contributed by atoms with Gasteiger partial charge in [-0.15, -0.1) is 10.2 Å². The fourth-order valence-electron chi connectivity index (χ4n) is 4.36.